The first-order valence-electron chi connectivity index (χ1n) is 9.07. The molecule has 0 bridgehead atoms. The quantitative estimate of drug-likeness (QED) is 0.879. The summed E-state index contributed by atoms with van der Waals surface area (Å²) in [5.74, 6) is 1.70. The number of para-hydroxylation sites is 1. The van der Waals surface area contributed by atoms with Crippen molar-refractivity contribution < 1.29 is 19.0 Å². The highest BCUT2D eigenvalue weighted by molar-refractivity contribution is 5.98. The Morgan fingerprint density at radius 3 is 2.80 bits per heavy atom. The molecule has 1 aromatic rings. The smallest absolute Gasteiger partial charge is 0.255 e. The minimum atomic E-state index is -0.111. The Balaban J connectivity index is 1.40. The van der Waals surface area contributed by atoms with E-state index in [1.165, 1.54) is 12.8 Å². The van der Waals surface area contributed by atoms with Gasteiger partial charge in [0.2, 0.25) is 0 Å². The molecule has 2 heterocycles. The number of ether oxygens (including phenoxy) is 3. The minimum Gasteiger partial charge on any atom is -0.493 e. The average Bonchev–Trinajstić information content (AvgIpc) is 3.40. The van der Waals surface area contributed by atoms with Crippen molar-refractivity contribution in [2.75, 3.05) is 33.9 Å². The lowest BCUT2D eigenvalue weighted by Crippen LogP contribution is -2.47. The lowest BCUT2D eigenvalue weighted by Gasteiger charge is -2.35. The molecule has 25 heavy (non-hydrogen) atoms. The van der Waals surface area contributed by atoms with Crippen LogP contribution < -0.4 is 14.8 Å². The second-order valence-electron chi connectivity index (χ2n) is 7.26. The van der Waals surface area contributed by atoms with Gasteiger partial charge in [-0.25, -0.2) is 0 Å². The highest BCUT2D eigenvalue weighted by Crippen LogP contribution is 2.38. The largest absolute Gasteiger partial charge is 0.493 e. The van der Waals surface area contributed by atoms with Gasteiger partial charge in [0.1, 0.15) is 0 Å². The summed E-state index contributed by atoms with van der Waals surface area (Å²) in [6, 6.07) is 5.94. The highest BCUT2D eigenvalue weighted by atomic mass is 16.5. The summed E-state index contributed by atoms with van der Waals surface area (Å²) in [7, 11) is 3.13. The van der Waals surface area contributed by atoms with Gasteiger partial charge in [-0.05, 0) is 37.3 Å². The first-order chi connectivity index (χ1) is 12.2. The molecule has 0 aromatic heterocycles. The predicted molar refractivity (Wildman–Crippen MR) is 93.2 cm³/mol. The van der Waals surface area contributed by atoms with Crippen molar-refractivity contribution in [3.05, 3.63) is 23.8 Å². The van der Waals surface area contributed by atoms with E-state index in [-0.39, 0.29) is 11.9 Å². The summed E-state index contributed by atoms with van der Waals surface area (Å²) in [6.45, 7) is 2.69. The van der Waals surface area contributed by atoms with E-state index < -0.39 is 0 Å². The van der Waals surface area contributed by atoms with Crippen LogP contribution in [0.25, 0.3) is 0 Å². The molecule has 1 N–H and O–H groups in total. The molecule has 3 fully saturated rings. The van der Waals surface area contributed by atoms with Gasteiger partial charge in [0, 0.05) is 25.2 Å². The van der Waals surface area contributed by atoms with Gasteiger partial charge in [-0.1, -0.05) is 6.07 Å². The number of hydrogen-bond acceptors (Lipinski definition) is 5. The summed E-state index contributed by atoms with van der Waals surface area (Å²) in [5, 5.41) is 3.17. The van der Waals surface area contributed by atoms with E-state index in [1.54, 1.807) is 26.4 Å². The fourth-order valence-electron chi connectivity index (χ4n) is 4.09. The fourth-order valence-corrected chi connectivity index (χ4v) is 4.09. The first-order valence-corrected chi connectivity index (χ1v) is 9.07. The van der Waals surface area contributed by atoms with Gasteiger partial charge in [0.25, 0.3) is 5.91 Å². The summed E-state index contributed by atoms with van der Waals surface area (Å²) in [6.07, 6.45) is 3.94. The maximum atomic E-state index is 12.7. The Morgan fingerprint density at radius 1 is 1.24 bits per heavy atom. The van der Waals surface area contributed by atoms with Gasteiger partial charge >= 0.3 is 0 Å². The second kappa shape index (κ2) is 6.84. The molecule has 136 valence electrons. The molecule has 1 aliphatic carbocycles. The molecule has 0 unspecified atom stereocenters. The van der Waals surface area contributed by atoms with Crippen LogP contribution in [0.15, 0.2) is 18.2 Å². The number of fused-ring (bicyclic) bond motifs is 1. The zero-order valence-corrected chi connectivity index (χ0v) is 14.9. The number of rotatable bonds is 5. The van der Waals surface area contributed by atoms with E-state index in [0.29, 0.717) is 29.2 Å². The van der Waals surface area contributed by atoms with Gasteiger partial charge in [-0.2, -0.15) is 0 Å². The molecular formula is C19H26N2O4. The summed E-state index contributed by atoms with van der Waals surface area (Å²) >= 11 is 0. The molecule has 6 nitrogen and oxygen atoms in total. The molecule has 3 aliphatic rings. The van der Waals surface area contributed by atoms with Crippen LogP contribution in [0.5, 0.6) is 11.5 Å². The molecule has 4 rings (SSSR count). The van der Waals surface area contributed by atoms with Crippen molar-refractivity contribution in [1.82, 2.24) is 10.2 Å². The molecule has 1 aromatic carbocycles. The number of carbonyl (C=O) groups excluding carboxylic acids is 1. The maximum absolute atomic E-state index is 12.7. The minimum absolute atomic E-state index is 0.111. The highest BCUT2D eigenvalue weighted by Gasteiger charge is 2.42. The molecule has 6 heteroatoms. The topological polar surface area (TPSA) is 60.0 Å². The van der Waals surface area contributed by atoms with Crippen LogP contribution >= 0.6 is 0 Å². The standard InChI is InChI=1S/C19H26N2O4/c1-23-16-5-3-4-15(18(16)24-2)19(22)20-13-8-14-11-25-17(12-6-7-12)10-21(14)9-13/h3-5,12-14,17H,6-11H2,1-2H3,(H,20,22)/t13-,14-,17+/m0/s1. The van der Waals surface area contributed by atoms with Crippen molar-refractivity contribution >= 4 is 5.91 Å². The molecular weight excluding hydrogens is 320 g/mol. The summed E-state index contributed by atoms with van der Waals surface area (Å²) < 4.78 is 16.7. The molecule has 0 radical (unpaired) electrons. The van der Waals surface area contributed by atoms with Crippen LogP contribution in [0, 0.1) is 5.92 Å². The van der Waals surface area contributed by atoms with E-state index >= 15 is 0 Å². The predicted octanol–water partition coefficient (Wildman–Crippen LogP) is 1.69. The van der Waals surface area contributed by atoms with Gasteiger partial charge in [0.15, 0.2) is 11.5 Å². The lowest BCUT2D eigenvalue weighted by atomic mass is 10.1. The van der Waals surface area contributed by atoms with Crippen LogP contribution in [0.2, 0.25) is 0 Å². The monoisotopic (exact) mass is 346 g/mol. The molecule has 3 atom stereocenters. The third-order valence-electron chi connectivity index (χ3n) is 5.58. The zero-order chi connectivity index (χ0) is 17.4. The zero-order valence-electron chi connectivity index (χ0n) is 14.9. The third kappa shape index (κ3) is 3.33. The van der Waals surface area contributed by atoms with E-state index in [9.17, 15) is 4.79 Å². The Morgan fingerprint density at radius 2 is 2.08 bits per heavy atom. The van der Waals surface area contributed by atoms with E-state index in [2.05, 4.69) is 10.2 Å². The number of nitrogens with zero attached hydrogens (tertiary/aromatic N) is 1. The fraction of sp³-hybridized carbons (Fsp3) is 0.632. The van der Waals surface area contributed by atoms with Crippen molar-refractivity contribution in [2.45, 2.75) is 37.5 Å². The van der Waals surface area contributed by atoms with Crippen molar-refractivity contribution in [3.63, 3.8) is 0 Å². The van der Waals surface area contributed by atoms with Gasteiger partial charge in [-0.3, -0.25) is 9.69 Å². The average molecular weight is 346 g/mol. The van der Waals surface area contributed by atoms with Crippen LogP contribution in [-0.4, -0.2) is 62.9 Å². The Bertz CT molecular complexity index is 646. The van der Waals surface area contributed by atoms with Gasteiger partial charge < -0.3 is 19.5 Å². The molecule has 1 saturated carbocycles. The maximum Gasteiger partial charge on any atom is 0.255 e. The Hall–Kier alpha value is -1.79. The van der Waals surface area contributed by atoms with Gasteiger partial charge in [0.05, 0.1) is 32.5 Å². The summed E-state index contributed by atoms with van der Waals surface area (Å²) in [5.41, 5.74) is 0.513. The van der Waals surface area contributed by atoms with E-state index in [4.69, 9.17) is 14.2 Å². The summed E-state index contributed by atoms with van der Waals surface area (Å²) in [4.78, 5) is 15.2. The normalized spacial score (nSPS) is 29.1. The van der Waals surface area contributed by atoms with Crippen LogP contribution in [0.1, 0.15) is 29.6 Å². The van der Waals surface area contributed by atoms with Crippen LogP contribution in [0.4, 0.5) is 0 Å². The van der Waals surface area contributed by atoms with Crippen LogP contribution in [0.3, 0.4) is 0 Å². The molecule has 0 spiro atoms. The number of hydrogen-bond donors (Lipinski definition) is 1. The lowest BCUT2D eigenvalue weighted by molar-refractivity contribution is -0.0581. The number of carbonyl (C=O) groups is 1. The van der Waals surface area contributed by atoms with E-state index in [0.717, 1.165) is 32.0 Å². The third-order valence-corrected chi connectivity index (χ3v) is 5.58. The number of methoxy groups -OCH3 is 2. The van der Waals surface area contributed by atoms with E-state index in [1.807, 2.05) is 6.07 Å². The number of amides is 1. The Kier molecular flexibility index (Phi) is 4.56. The van der Waals surface area contributed by atoms with Crippen LogP contribution in [-0.2, 0) is 4.74 Å². The van der Waals surface area contributed by atoms with Gasteiger partial charge in [-0.15, -0.1) is 0 Å². The SMILES string of the molecule is COc1cccc(C(=O)N[C@H]2C[C@H]3CO[C@@H](C4CC4)CN3C2)c1OC. The number of nitrogens with one attached hydrogen (secondary N) is 1. The number of benzene rings is 1. The number of morpholine rings is 1. The van der Waals surface area contributed by atoms with Crippen molar-refractivity contribution in [2.24, 2.45) is 5.92 Å². The molecule has 1 amide bonds. The Labute approximate surface area is 148 Å². The first kappa shape index (κ1) is 16.7. The molecule has 2 aliphatic heterocycles. The van der Waals surface area contributed by atoms with Crippen molar-refractivity contribution in [1.29, 1.82) is 0 Å². The molecule has 2 saturated heterocycles. The van der Waals surface area contributed by atoms with Crippen molar-refractivity contribution in [3.8, 4) is 11.5 Å². The second-order valence-corrected chi connectivity index (χ2v) is 7.26.